The van der Waals surface area contributed by atoms with Gasteiger partial charge in [-0.15, -0.1) is 0 Å². The molecule has 1 aromatic carbocycles. The van der Waals surface area contributed by atoms with Crippen LogP contribution in [0.2, 0.25) is 0 Å². The summed E-state index contributed by atoms with van der Waals surface area (Å²) in [5.74, 6) is -0.286. The average molecular weight is 286 g/mol. The van der Waals surface area contributed by atoms with Gasteiger partial charge in [-0.05, 0) is 24.6 Å². The topological polar surface area (TPSA) is 58.6 Å². The van der Waals surface area contributed by atoms with Crippen LogP contribution >= 0.6 is 15.9 Å². The number of benzene rings is 1. The van der Waals surface area contributed by atoms with Crippen molar-refractivity contribution in [2.45, 2.75) is 12.5 Å². The summed E-state index contributed by atoms with van der Waals surface area (Å²) in [6, 6.07) is 4.86. The summed E-state index contributed by atoms with van der Waals surface area (Å²) in [4.78, 5) is 11.8. The van der Waals surface area contributed by atoms with Crippen LogP contribution in [-0.4, -0.2) is 30.3 Å². The molecular weight excluding hydrogens is 274 g/mol. The SMILES string of the molecule is O=C(NC1CCOC1)c1ccc(Br)cc1O. The highest BCUT2D eigenvalue weighted by Crippen LogP contribution is 2.22. The fourth-order valence-corrected chi connectivity index (χ4v) is 1.96. The molecule has 1 saturated heterocycles. The molecule has 1 fully saturated rings. The van der Waals surface area contributed by atoms with Crippen LogP contribution in [0.3, 0.4) is 0 Å². The molecule has 1 atom stereocenters. The van der Waals surface area contributed by atoms with E-state index in [9.17, 15) is 9.90 Å². The largest absolute Gasteiger partial charge is 0.507 e. The molecule has 86 valence electrons. The number of hydrogen-bond donors (Lipinski definition) is 2. The Bertz CT molecular complexity index is 402. The van der Waals surface area contributed by atoms with Crippen molar-refractivity contribution < 1.29 is 14.6 Å². The van der Waals surface area contributed by atoms with E-state index < -0.39 is 0 Å². The second-order valence-electron chi connectivity index (χ2n) is 3.70. The summed E-state index contributed by atoms with van der Waals surface area (Å²) >= 11 is 3.22. The monoisotopic (exact) mass is 285 g/mol. The maximum absolute atomic E-state index is 11.8. The van der Waals surface area contributed by atoms with Crippen molar-refractivity contribution in [1.82, 2.24) is 5.32 Å². The van der Waals surface area contributed by atoms with Gasteiger partial charge in [-0.3, -0.25) is 4.79 Å². The Morgan fingerprint density at radius 1 is 1.56 bits per heavy atom. The van der Waals surface area contributed by atoms with Crippen LogP contribution in [0.15, 0.2) is 22.7 Å². The van der Waals surface area contributed by atoms with Crippen LogP contribution < -0.4 is 5.32 Å². The third-order valence-corrected chi connectivity index (χ3v) is 2.96. The van der Waals surface area contributed by atoms with Crippen LogP contribution in [0, 0.1) is 0 Å². The zero-order valence-electron chi connectivity index (χ0n) is 8.57. The molecular formula is C11H12BrNO3. The van der Waals surface area contributed by atoms with E-state index in [4.69, 9.17) is 4.74 Å². The zero-order chi connectivity index (χ0) is 11.5. The van der Waals surface area contributed by atoms with Crippen molar-refractivity contribution in [1.29, 1.82) is 0 Å². The molecule has 0 spiro atoms. The van der Waals surface area contributed by atoms with Gasteiger partial charge in [-0.2, -0.15) is 0 Å². The second kappa shape index (κ2) is 4.84. The predicted octanol–water partition coefficient (Wildman–Crippen LogP) is 1.67. The van der Waals surface area contributed by atoms with Crippen LogP contribution in [0.1, 0.15) is 16.8 Å². The van der Waals surface area contributed by atoms with Gasteiger partial charge in [-0.1, -0.05) is 15.9 Å². The first-order chi connectivity index (χ1) is 7.66. The minimum atomic E-state index is -0.263. The number of rotatable bonds is 2. The van der Waals surface area contributed by atoms with E-state index in [2.05, 4.69) is 21.2 Å². The molecule has 0 saturated carbocycles. The lowest BCUT2D eigenvalue weighted by Gasteiger charge is -2.11. The molecule has 0 radical (unpaired) electrons. The molecule has 2 rings (SSSR count). The Labute approximate surface area is 102 Å². The molecule has 16 heavy (non-hydrogen) atoms. The molecule has 1 unspecified atom stereocenters. The number of ether oxygens (including phenoxy) is 1. The third-order valence-electron chi connectivity index (χ3n) is 2.47. The first kappa shape index (κ1) is 11.4. The van der Waals surface area contributed by atoms with Gasteiger partial charge >= 0.3 is 0 Å². The van der Waals surface area contributed by atoms with Crippen LogP contribution in [0.5, 0.6) is 5.75 Å². The number of carbonyl (C=O) groups is 1. The third kappa shape index (κ3) is 2.54. The molecule has 1 heterocycles. The van der Waals surface area contributed by atoms with E-state index in [1.165, 1.54) is 6.07 Å². The highest BCUT2D eigenvalue weighted by atomic mass is 79.9. The van der Waals surface area contributed by atoms with Crippen molar-refractivity contribution in [3.8, 4) is 5.75 Å². The van der Waals surface area contributed by atoms with Crippen LogP contribution in [-0.2, 0) is 4.74 Å². The van der Waals surface area contributed by atoms with E-state index in [0.717, 1.165) is 10.9 Å². The van der Waals surface area contributed by atoms with Gasteiger partial charge in [0.1, 0.15) is 5.75 Å². The Morgan fingerprint density at radius 3 is 3.00 bits per heavy atom. The smallest absolute Gasteiger partial charge is 0.255 e. The summed E-state index contributed by atoms with van der Waals surface area (Å²) < 4.78 is 5.90. The number of hydrogen-bond acceptors (Lipinski definition) is 3. The van der Waals surface area contributed by atoms with E-state index in [0.29, 0.717) is 13.2 Å². The Balaban J connectivity index is 2.08. The maximum atomic E-state index is 11.8. The van der Waals surface area contributed by atoms with Gasteiger partial charge in [-0.25, -0.2) is 0 Å². The first-order valence-electron chi connectivity index (χ1n) is 5.04. The number of phenolic OH excluding ortho intramolecular Hbond substituents is 1. The molecule has 0 aromatic heterocycles. The number of aromatic hydroxyl groups is 1. The summed E-state index contributed by atoms with van der Waals surface area (Å²) in [5, 5.41) is 12.4. The molecule has 4 nitrogen and oxygen atoms in total. The van der Waals surface area contributed by atoms with Crippen molar-refractivity contribution in [3.05, 3.63) is 28.2 Å². The van der Waals surface area contributed by atoms with Crippen molar-refractivity contribution in [2.75, 3.05) is 13.2 Å². The quantitative estimate of drug-likeness (QED) is 0.869. The molecule has 0 aliphatic carbocycles. The molecule has 1 aromatic rings. The molecule has 2 N–H and O–H groups in total. The number of carbonyl (C=O) groups excluding carboxylic acids is 1. The fourth-order valence-electron chi connectivity index (χ4n) is 1.61. The van der Waals surface area contributed by atoms with Crippen molar-refractivity contribution in [2.24, 2.45) is 0 Å². The summed E-state index contributed by atoms with van der Waals surface area (Å²) in [6.07, 6.45) is 0.822. The van der Waals surface area contributed by atoms with Gasteiger partial charge in [0.2, 0.25) is 0 Å². The Hall–Kier alpha value is -1.07. The van der Waals surface area contributed by atoms with Crippen molar-refractivity contribution >= 4 is 21.8 Å². The minimum Gasteiger partial charge on any atom is -0.507 e. The molecule has 1 amide bonds. The lowest BCUT2D eigenvalue weighted by atomic mass is 10.1. The maximum Gasteiger partial charge on any atom is 0.255 e. The van der Waals surface area contributed by atoms with Crippen molar-refractivity contribution in [3.63, 3.8) is 0 Å². The van der Waals surface area contributed by atoms with E-state index in [1.54, 1.807) is 12.1 Å². The van der Waals surface area contributed by atoms with Crippen LogP contribution in [0.25, 0.3) is 0 Å². The van der Waals surface area contributed by atoms with Gasteiger partial charge in [0.15, 0.2) is 0 Å². The Morgan fingerprint density at radius 2 is 2.38 bits per heavy atom. The van der Waals surface area contributed by atoms with Gasteiger partial charge in [0.05, 0.1) is 18.2 Å². The average Bonchev–Trinajstić information content (AvgIpc) is 2.70. The standard InChI is InChI=1S/C11H12BrNO3/c12-7-1-2-9(10(14)5-7)11(15)13-8-3-4-16-6-8/h1-2,5,8,14H,3-4,6H2,(H,13,15). The second-order valence-corrected chi connectivity index (χ2v) is 4.61. The zero-order valence-corrected chi connectivity index (χ0v) is 10.2. The number of halogens is 1. The molecule has 1 aliphatic rings. The number of phenols is 1. The van der Waals surface area contributed by atoms with E-state index >= 15 is 0 Å². The highest BCUT2D eigenvalue weighted by molar-refractivity contribution is 9.10. The van der Waals surface area contributed by atoms with Crippen LogP contribution in [0.4, 0.5) is 0 Å². The summed E-state index contributed by atoms with van der Waals surface area (Å²) in [7, 11) is 0. The summed E-state index contributed by atoms with van der Waals surface area (Å²) in [5.41, 5.74) is 0.287. The normalized spacial score (nSPS) is 19.7. The highest BCUT2D eigenvalue weighted by Gasteiger charge is 2.20. The fraction of sp³-hybridized carbons (Fsp3) is 0.364. The lowest BCUT2D eigenvalue weighted by molar-refractivity contribution is 0.0927. The van der Waals surface area contributed by atoms with Gasteiger partial charge in [0.25, 0.3) is 5.91 Å². The minimum absolute atomic E-state index is 0.0224. The molecule has 5 heteroatoms. The number of nitrogens with one attached hydrogen (secondary N) is 1. The summed E-state index contributed by atoms with van der Waals surface area (Å²) in [6.45, 7) is 1.22. The Kier molecular flexibility index (Phi) is 3.46. The predicted molar refractivity (Wildman–Crippen MR) is 62.5 cm³/mol. The lowest BCUT2D eigenvalue weighted by Crippen LogP contribution is -2.35. The molecule has 1 aliphatic heterocycles. The molecule has 0 bridgehead atoms. The van der Waals surface area contributed by atoms with E-state index in [1.807, 2.05) is 0 Å². The van der Waals surface area contributed by atoms with Gasteiger partial charge < -0.3 is 15.2 Å². The van der Waals surface area contributed by atoms with E-state index in [-0.39, 0.29) is 23.3 Å². The first-order valence-corrected chi connectivity index (χ1v) is 5.83. The van der Waals surface area contributed by atoms with Gasteiger partial charge in [0, 0.05) is 11.1 Å². The number of amides is 1.